The first-order valence-electron chi connectivity index (χ1n) is 12.5. The van der Waals surface area contributed by atoms with E-state index in [0.29, 0.717) is 18.1 Å². The molecule has 4 atom stereocenters. The number of oxime groups is 1. The van der Waals surface area contributed by atoms with Gasteiger partial charge in [0, 0.05) is 17.7 Å². The van der Waals surface area contributed by atoms with Crippen LogP contribution in [0.2, 0.25) is 0 Å². The second-order valence-corrected chi connectivity index (χ2v) is 11.4. The number of β-lactam (4-membered cyclic amide) rings is 1. The van der Waals surface area contributed by atoms with Crippen molar-refractivity contribution in [1.82, 2.24) is 15.2 Å². The molecule has 2 saturated heterocycles. The number of esters is 1. The van der Waals surface area contributed by atoms with Gasteiger partial charge in [-0.15, -0.1) is 23.1 Å². The fraction of sp³-hybridized carbons (Fsp3) is 0.423. The van der Waals surface area contributed by atoms with Gasteiger partial charge in [-0.25, -0.2) is 9.78 Å². The molecule has 2 aromatic rings. The van der Waals surface area contributed by atoms with E-state index in [0.717, 1.165) is 28.9 Å². The number of ether oxygens (including phenoxy) is 3. The molecule has 0 spiro atoms. The lowest BCUT2D eigenvalue weighted by molar-refractivity contribution is -0.153. The number of nitrogens with zero attached hydrogens (tertiary/aromatic N) is 3. The van der Waals surface area contributed by atoms with E-state index in [4.69, 9.17) is 24.8 Å². The minimum absolute atomic E-state index is 0.0221. The summed E-state index contributed by atoms with van der Waals surface area (Å²) >= 11 is 2.60. The molecule has 4 heterocycles. The minimum Gasteiger partial charge on any atom is -0.497 e. The summed E-state index contributed by atoms with van der Waals surface area (Å²) in [6.07, 6.45) is 0.556. The number of nitrogens with one attached hydrogen (secondary N) is 1. The standard InChI is InChI=1S/C26H29N5O7S2/c1-13-8-9-37-21(13)16-11-39-24-19(29-22(32)18(30-36-3)17-12-40-26(27)28-17)23(33)31(24)20(16)25(34)38-10-14-4-6-15(35-2)7-5-14/h4-7,12-13,19,21,24H,8-11H2,1-3H3,(H2,27,28)(H,29,32)/b30-18-/t13-,19-,21+,24-/m1/s1. The van der Waals surface area contributed by atoms with Crippen LogP contribution in [0.1, 0.15) is 24.6 Å². The molecule has 1 aromatic heterocycles. The normalized spacial score (nSPS) is 24.3. The van der Waals surface area contributed by atoms with Crippen molar-refractivity contribution in [3.8, 4) is 5.75 Å². The van der Waals surface area contributed by atoms with Crippen LogP contribution in [-0.4, -0.2) is 77.5 Å². The van der Waals surface area contributed by atoms with Crippen LogP contribution in [-0.2, 0) is 35.3 Å². The molecule has 40 heavy (non-hydrogen) atoms. The zero-order chi connectivity index (χ0) is 28.4. The van der Waals surface area contributed by atoms with Crippen LogP contribution in [0, 0.1) is 5.92 Å². The first-order chi connectivity index (χ1) is 19.3. The molecule has 1 aromatic carbocycles. The maximum absolute atomic E-state index is 13.5. The third kappa shape index (κ3) is 5.38. The van der Waals surface area contributed by atoms with Crippen molar-refractivity contribution in [3.05, 3.63) is 52.2 Å². The predicted octanol–water partition coefficient (Wildman–Crippen LogP) is 1.91. The van der Waals surface area contributed by atoms with Crippen molar-refractivity contribution < 1.29 is 33.4 Å². The quantitative estimate of drug-likeness (QED) is 0.192. The van der Waals surface area contributed by atoms with E-state index < -0.39 is 29.2 Å². The Morgan fingerprint density at radius 3 is 2.67 bits per heavy atom. The number of benzene rings is 1. The first-order valence-corrected chi connectivity index (χ1v) is 14.5. The van der Waals surface area contributed by atoms with E-state index >= 15 is 0 Å². The minimum atomic E-state index is -0.886. The lowest BCUT2D eigenvalue weighted by Crippen LogP contribution is -2.71. The summed E-state index contributed by atoms with van der Waals surface area (Å²) in [6, 6.07) is 6.28. The maximum Gasteiger partial charge on any atom is 0.355 e. The number of hydrogen-bond donors (Lipinski definition) is 2. The number of hydrogen-bond acceptors (Lipinski definition) is 12. The highest BCUT2D eigenvalue weighted by Crippen LogP contribution is 2.44. The number of thiazole rings is 1. The highest BCUT2D eigenvalue weighted by atomic mass is 32.2. The Labute approximate surface area is 238 Å². The Morgan fingerprint density at radius 1 is 1.27 bits per heavy atom. The van der Waals surface area contributed by atoms with E-state index in [-0.39, 0.29) is 40.9 Å². The Kier molecular flexibility index (Phi) is 8.28. The third-order valence-corrected chi connectivity index (χ3v) is 8.88. The molecule has 2 amide bonds. The van der Waals surface area contributed by atoms with E-state index in [2.05, 4.69) is 22.4 Å². The van der Waals surface area contributed by atoms with Gasteiger partial charge in [0.1, 0.15) is 42.3 Å². The lowest BCUT2D eigenvalue weighted by atomic mass is 9.94. The van der Waals surface area contributed by atoms with Crippen LogP contribution in [0.3, 0.4) is 0 Å². The SMILES string of the molecule is CO/N=C(\C(=O)N[C@@H]1C(=O)N2C(C(=O)OCc3ccc(OC)cc3)=C([C@H]3OCC[C@H]3C)CS[C@H]12)c1csc(N)n1. The number of amides is 2. The van der Waals surface area contributed by atoms with E-state index in [1.807, 2.05) is 0 Å². The van der Waals surface area contributed by atoms with Gasteiger partial charge in [0.05, 0.1) is 13.2 Å². The molecule has 3 aliphatic rings. The number of fused-ring (bicyclic) bond motifs is 1. The zero-order valence-corrected chi connectivity index (χ0v) is 23.8. The summed E-state index contributed by atoms with van der Waals surface area (Å²) in [5, 5.41) is 7.83. The largest absolute Gasteiger partial charge is 0.497 e. The van der Waals surface area contributed by atoms with Crippen LogP contribution in [0.15, 0.2) is 46.1 Å². The van der Waals surface area contributed by atoms with Crippen molar-refractivity contribution in [2.75, 3.05) is 32.3 Å². The Bertz CT molecular complexity index is 1360. The number of nitrogens with two attached hydrogens (primary N) is 1. The number of methoxy groups -OCH3 is 1. The molecular weight excluding hydrogens is 558 g/mol. The number of anilines is 1. The van der Waals surface area contributed by atoms with Gasteiger partial charge in [-0.05, 0) is 35.6 Å². The van der Waals surface area contributed by atoms with Gasteiger partial charge in [0.2, 0.25) is 0 Å². The zero-order valence-electron chi connectivity index (χ0n) is 22.1. The molecule has 2 fully saturated rings. The van der Waals surface area contributed by atoms with Gasteiger partial charge in [-0.1, -0.05) is 24.2 Å². The highest BCUT2D eigenvalue weighted by Gasteiger charge is 2.56. The molecule has 5 rings (SSSR count). The van der Waals surface area contributed by atoms with Gasteiger partial charge in [0.25, 0.3) is 11.8 Å². The van der Waals surface area contributed by atoms with E-state index in [9.17, 15) is 14.4 Å². The third-order valence-electron chi connectivity index (χ3n) is 6.90. The topological polar surface area (TPSA) is 155 Å². The van der Waals surface area contributed by atoms with Gasteiger partial charge in [0.15, 0.2) is 10.8 Å². The van der Waals surface area contributed by atoms with Crippen LogP contribution in [0.4, 0.5) is 5.13 Å². The van der Waals surface area contributed by atoms with E-state index in [1.54, 1.807) is 36.8 Å². The van der Waals surface area contributed by atoms with Crippen LogP contribution < -0.4 is 15.8 Å². The molecule has 12 nitrogen and oxygen atoms in total. The van der Waals surface area contributed by atoms with Crippen LogP contribution in [0.5, 0.6) is 5.75 Å². The van der Waals surface area contributed by atoms with Gasteiger partial charge in [-0.3, -0.25) is 14.5 Å². The maximum atomic E-state index is 13.5. The number of aromatic nitrogens is 1. The molecule has 0 bridgehead atoms. The van der Waals surface area contributed by atoms with E-state index in [1.165, 1.54) is 23.8 Å². The monoisotopic (exact) mass is 587 g/mol. The molecule has 14 heteroatoms. The molecular formula is C26H29N5O7S2. The number of nitrogen functional groups attached to an aromatic ring is 1. The molecule has 212 valence electrons. The molecule has 3 N–H and O–H groups in total. The summed E-state index contributed by atoms with van der Waals surface area (Å²) < 4.78 is 16.8. The Hall–Kier alpha value is -3.62. The number of rotatable bonds is 9. The van der Waals surface area contributed by atoms with Crippen LogP contribution in [0.25, 0.3) is 0 Å². The smallest absolute Gasteiger partial charge is 0.355 e. The predicted molar refractivity (Wildman–Crippen MR) is 148 cm³/mol. The van der Waals surface area contributed by atoms with Crippen molar-refractivity contribution in [2.45, 2.75) is 37.5 Å². The second-order valence-electron chi connectivity index (χ2n) is 9.41. The Balaban J connectivity index is 1.36. The van der Waals surface area contributed by atoms with Gasteiger partial charge in [-0.2, -0.15) is 0 Å². The molecule has 0 saturated carbocycles. The molecule has 0 radical (unpaired) electrons. The summed E-state index contributed by atoms with van der Waals surface area (Å²) in [6.45, 7) is 2.66. The summed E-state index contributed by atoms with van der Waals surface area (Å²) in [5.41, 5.74) is 7.52. The fourth-order valence-electron chi connectivity index (χ4n) is 4.83. The van der Waals surface area contributed by atoms with Crippen molar-refractivity contribution in [1.29, 1.82) is 0 Å². The first kappa shape index (κ1) is 27.9. The number of carbonyl (C=O) groups is 3. The van der Waals surface area contributed by atoms with Crippen molar-refractivity contribution >= 4 is 51.7 Å². The molecule has 0 aliphatic carbocycles. The Morgan fingerprint density at radius 2 is 2.05 bits per heavy atom. The van der Waals surface area contributed by atoms with Crippen molar-refractivity contribution in [3.63, 3.8) is 0 Å². The average Bonchev–Trinajstić information content (AvgIpc) is 3.60. The average molecular weight is 588 g/mol. The highest BCUT2D eigenvalue weighted by molar-refractivity contribution is 8.00. The molecule has 3 aliphatic heterocycles. The van der Waals surface area contributed by atoms with Crippen LogP contribution >= 0.6 is 23.1 Å². The van der Waals surface area contributed by atoms with Gasteiger partial charge >= 0.3 is 5.97 Å². The summed E-state index contributed by atoms with van der Waals surface area (Å²) in [4.78, 5) is 50.4. The molecule has 0 unspecified atom stereocenters. The summed E-state index contributed by atoms with van der Waals surface area (Å²) in [5.74, 6) is -0.365. The van der Waals surface area contributed by atoms with Crippen molar-refractivity contribution in [2.24, 2.45) is 11.1 Å². The van der Waals surface area contributed by atoms with Gasteiger partial charge < -0.3 is 30.1 Å². The second kappa shape index (κ2) is 11.9. The fourth-order valence-corrected chi connectivity index (χ4v) is 6.77. The summed E-state index contributed by atoms with van der Waals surface area (Å²) in [7, 11) is 2.88. The lowest BCUT2D eigenvalue weighted by Gasteiger charge is -2.50. The number of thioether (sulfide) groups is 1. The number of carbonyl (C=O) groups excluding carboxylic acids is 3.